The second-order valence-corrected chi connectivity index (χ2v) is 7.33. The number of ether oxygens (including phenoxy) is 1. The average molecular weight is 389 g/mol. The van der Waals surface area contributed by atoms with E-state index < -0.39 is 0 Å². The van der Waals surface area contributed by atoms with Crippen LogP contribution in [-0.2, 0) is 30.8 Å². The lowest BCUT2D eigenvalue weighted by Crippen LogP contribution is -2.21. The van der Waals surface area contributed by atoms with Crippen molar-refractivity contribution in [3.05, 3.63) is 94.8 Å². The van der Waals surface area contributed by atoms with Gasteiger partial charge in [0.25, 0.3) is 0 Å². The molecule has 0 spiro atoms. The lowest BCUT2D eigenvalue weighted by Gasteiger charge is -2.22. The number of benzene rings is 3. The van der Waals surface area contributed by atoms with Crippen LogP contribution in [0.25, 0.3) is 0 Å². The van der Waals surface area contributed by atoms with E-state index in [4.69, 9.17) is 4.74 Å². The van der Waals surface area contributed by atoms with Crippen LogP contribution in [0.4, 0.5) is 10.1 Å². The van der Waals surface area contributed by atoms with Crippen LogP contribution in [0.15, 0.2) is 66.7 Å². The molecule has 0 amide bonds. The van der Waals surface area contributed by atoms with E-state index in [9.17, 15) is 9.18 Å². The van der Waals surface area contributed by atoms with Crippen LogP contribution in [0.5, 0.6) is 5.75 Å². The Bertz CT molecular complexity index is 987. The number of para-hydroxylation sites is 1. The first-order chi connectivity index (χ1) is 14.2. The zero-order valence-corrected chi connectivity index (χ0v) is 16.3. The van der Waals surface area contributed by atoms with Crippen LogP contribution in [0, 0.1) is 5.82 Å². The van der Waals surface area contributed by atoms with E-state index in [1.807, 2.05) is 6.07 Å². The van der Waals surface area contributed by atoms with Gasteiger partial charge >= 0.3 is 0 Å². The van der Waals surface area contributed by atoms with Crippen molar-refractivity contribution in [1.82, 2.24) is 0 Å². The van der Waals surface area contributed by atoms with E-state index >= 15 is 0 Å². The summed E-state index contributed by atoms with van der Waals surface area (Å²) in [6, 6.07) is 21.6. The standard InChI is InChI=1S/C25H24FNO2/c26-24-16-23(12-11-20(24)10-5-15-28)29-18-22-9-4-8-21-13-14-27(25(21)22)17-19-6-2-1-3-7-19/h1-4,6-9,11-12,15-16H,5,10,13-14,17-18H2. The normalized spacial score (nSPS) is 12.7. The molecule has 0 saturated heterocycles. The number of hydrogen-bond donors (Lipinski definition) is 0. The zero-order valence-electron chi connectivity index (χ0n) is 16.3. The molecule has 3 nitrogen and oxygen atoms in total. The van der Waals surface area contributed by atoms with E-state index in [1.54, 1.807) is 12.1 Å². The summed E-state index contributed by atoms with van der Waals surface area (Å²) in [5.74, 6) is 0.177. The Labute approximate surface area is 170 Å². The van der Waals surface area contributed by atoms with E-state index in [-0.39, 0.29) is 5.82 Å². The molecule has 148 valence electrons. The van der Waals surface area contributed by atoms with Gasteiger partial charge in [-0.05, 0) is 35.6 Å². The van der Waals surface area contributed by atoms with Gasteiger partial charge in [-0.1, -0.05) is 54.6 Å². The van der Waals surface area contributed by atoms with Crippen LogP contribution in [-0.4, -0.2) is 12.8 Å². The Morgan fingerprint density at radius 1 is 1.00 bits per heavy atom. The highest BCUT2D eigenvalue weighted by Gasteiger charge is 2.22. The summed E-state index contributed by atoms with van der Waals surface area (Å²) in [5.41, 5.74) is 5.50. The number of carbonyl (C=O) groups is 1. The number of fused-ring (bicyclic) bond motifs is 1. The monoisotopic (exact) mass is 389 g/mol. The number of rotatable bonds is 8. The molecule has 0 N–H and O–H groups in total. The molecule has 0 radical (unpaired) electrons. The largest absolute Gasteiger partial charge is 0.489 e. The minimum absolute atomic E-state index is 0.324. The van der Waals surface area contributed by atoms with Crippen LogP contribution in [0.1, 0.15) is 28.7 Å². The summed E-state index contributed by atoms with van der Waals surface area (Å²) in [6.45, 7) is 2.24. The van der Waals surface area contributed by atoms with Crippen molar-refractivity contribution in [1.29, 1.82) is 0 Å². The molecule has 4 rings (SSSR count). The SMILES string of the molecule is O=CCCc1ccc(OCc2cccc3c2N(Cc2ccccc2)CC3)cc1F. The van der Waals surface area contributed by atoms with Crippen molar-refractivity contribution in [2.75, 3.05) is 11.4 Å². The van der Waals surface area contributed by atoms with Crippen LogP contribution >= 0.6 is 0 Å². The Hall–Kier alpha value is -3.14. The van der Waals surface area contributed by atoms with Crippen molar-refractivity contribution in [3.63, 3.8) is 0 Å². The first kappa shape index (κ1) is 19.2. The highest BCUT2D eigenvalue weighted by Crippen LogP contribution is 2.34. The van der Waals surface area contributed by atoms with Crippen LogP contribution < -0.4 is 9.64 Å². The molecule has 1 heterocycles. The second-order valence-electron chi connectivity index (χ2n) is 7.33. The molecule has 3 aromatic rings. The summed E-state index contributed by atoms with van der Waals surface area (Å²) in [6.07, 6.45) is 2.57. The first-order valence-electron chi connectivity index (χ1n) is 9.99. The fourth-order valence-corrected chi connectivity index (χ4v) is 3.89. The molecule has 0 atom stereocenters. The predicted molar refractivity (Wildman–Crippen MR) is 113 cm³/mol. The van der Waals surface area contributed by atoms with Gasteiger partial charge in [0.2, 0.25) is 0 Å². The minimum atomic E-state index is -0.326. The van der Waals surface area contributed by atoms with Gasteiger partial charge in [0.1, 0.15) is 24.5 Å². The molecule has 1 aliphatic rings. The Morgan fingerprint density at radius 2 is 1.86 bits per heavy atom. The van der Waals surface area contributed by atoms with Gasteiger partial charge in [-0.3, -0.25) is 0 Å². The highest BCUT2D eigenvalue weighted by atomic mass is 19.1. The summed E-state index contributed by atoms with van der Waals surface area (Å²) >= 11 is 0. The molecule has 4 heteroatoms. The van der Waals surface area contributed by atoms with Gasteiger partial charge in [0.15, 0.2) is 0 Å². The Kier molecular flexibility index (Phi) is 5.89. The number of aldehydes is 1. The Morgan fingerprint density at radius 3 is 2.66 bits per heavy atom. The van der Waals surface area contributed by atoms with Crippen molar-refractivity contribution < 1.29 is 13.9 Å². The molecule has 0 aromatic heterocycles. The second kappa shape index (κ2) is 8.91. The summed E-state index contributed by atoms with van der Waals surface area (Å²) in [5, 5.41) is 0. The van der Waals surface area contributed by atoms with Gasteiger partial charge in [-0.25, -0.2) is 4.39 Å². The molecule has 1 aliphatic heterocycles. The number of anilines is 1. The van der Waals surface area contributed by atoms with Crippen molar-refractivity contribution in [2.45, 2.75) is 32.4 Å². The zero-order chi connectivity index (χ0) is 20.1. The van der Waals surface area contributed by atoms with Crippen molar-refractivity contribution in [3.8, 4) is 5.75 Å². The molecule has 3 aromatic carbocycles. The first-order valence-corrected chi connectivity index (χ1v) is 9.99. The van der Waals surface area contributed by atoms with Crippen molar-refractivity contribution >= 4 is 12.0 Å². The van der Waals surface area contributed by atoms with Crippen LogP contribution in [0.2, 0.25) is 0 Å². The third kappa shape index (κ3) is 4.48. The van der Waals surface area contributed by atoms with E-state index in [1.165, 1.54) is 22.9 Å². The summed E-state index contributed by atoms with van der Waals surface area (Å²) < 4.78 is 20.1. The minimum Gasteiger partial charge on any atom is -0.489 e. The van der Waals surface area contributed by atoms with Gasteiger partial charge in [-0.2, -0.15) is 0 Å². The predicted octanol–water partition coefficient (Wildman–Crippen LogP) is 5.10. The summed E-state index contributed by atoms with van der Waals surface area (Å²) in [7, 11) is 0. The maximum absolute atomic E-state index is 14.2. The molecule has 0 fully saturated rings. The van der Waals surface area contributed by atoms with E-state index in [0.29, 0.717) is 30.8 Å². The number of aryl methyl sites for hydroxylation is 1. The average Bonchev–Trinajstić information content (AvgIpc) is 3.16. The number of hydrogen-bond acceptors (Lipinski definition) is 3. The van der Waals surface area contributed by atoms with E-state index in [2.05, 4.69) is 47.4 Å². The number of halogens is 1. The van der Waals surface area contributed by atoms with Crippen molar-refractivity contribution in [2.24, 2.45) is 0 Å². The topological polar surface area (TPSA) is 29.5 Å². The molecule has 0 saturated carbocycles. The molecule has 29 heavy (non-hydrogen) atoms. The fourth-order valence-electron chi connectivity index (χ4n) is 3.89. The molecule has 0 aliphatic carbocycles. The quantitative estimate of drug-likeness (QED) is 0.502. The third-order valence-corrected chi connectivity index (χ3v) is 5.34. The van der Waals surface area contributed by atoms with Gasteiger partial charge in [-0.15, -0.1) is 0 Å². The maximum atomic E-state index is 14.2. The number of carbonyl (C=O) groups excluding carboxylic acids is 1. The molecule has 0 bridgehead atoms. The molecule has 0 unspecified atom stereocenters. The molecular weight excluding hydrogens is 365 g/mol. The maximum Gasteiger partial charge on any atom is 0.130 e. The smallest absolute Gasteiger partial charge is 0.130 e. The lowest BCUT2D eigenvalue weighted by atomic mass is 10.1. The number of nitrogens with zero attached hydrogens (tertiary/aromatic N) is 1. The fraction of sp³-hybridized carbons (Fsp3) is 0.240. The van der Waals surface area contributed by atoms with Gasteiger partial charge < -0.3 is 14.4 Å². The molecular formula is C25H24FNO2. The summed E-state index contributed by atoms with van der Waals surface area (Å²) in [4.78, 5) is 12.9. The highest BCUT2D eigenvalue weighted by molar-refractivity contribution is 5.63. The lowest BCUT2D eigenvalue weighted by molar-refractivity contribution is -0.107. The third-order valence-electron chi connectivity index (χ3n) is 5.34. The van der Waals surface area contributed by atoms with Gasteiger partial charge in [0, 0.05) is 36.8 Å². The van der Waals surface area contributed by atoms with Gasteiger partial charge in [0.05, 0.1) is 0 Å². The Balaban J connectivity index is 1.48. The van der Waals surface area contributed by atoms with E-state index in [0.717, 1.165) is 31.4 Å². The van der Waals surface area contributed by atoms with Crippen LogP contribution in [0.3, 0.4) is 0 Å².